The summed E-state index contributed by atoms with van der Waals surface area (Å²) in [5.41, 5.74) is 0.889. The molecule has 20 heavy (non-hydrogen) atoms. The van der Waals surface area contributed by atoms with E-state index in [4.69, 9.17) is 0 Å². The van der Waals surface area contributed by atoms with Gasteiger partial charge in [-0.1, -0.05) is 12.1 Å². The molecule has 1 aromatic rings. The Labute approximate surface area is 120 Å². The third-order valence-corrected chi connectivity index (χ3v) is 2.83. The highest BCUT2D eigenvalue weighted by atomic mass is 35.5. The topological polar surface area (TPSA) is 33.3 Å². The average Bonchev–Trinajstić information content (AvgIpc) is 2.40. The van der Waals surface area contributed by atoms with E-state index in [9.17, 15) is 17.6 Å². The van der Waals surface area contributed by atoms with Crippen LogP contribution in [-0.2, 0) is 0 Å². The summed E-state index contributed by atoms with van der Waals surface area (Å²) in [6.07, 6.45) is -8.32. The maximum absolute atomic E-state index is 12.7. The van der Waals surface area contributed by atoms with Crippen LogP contribution in [0.25, 0.3) is 0 Å². The maximum Gasteiger partial charge on any atom is 0.461 e. The van der Waals surface area contributed by atoms with Crippen molar-refractivity contribution in [3.05, 3.63) is 29.8 Å². The minimum Gasteiger partial charge on any atom is -0.428 e. The fourth-order valence-corrected chi connectivity index (χ4v) is 1.86. The number of hydrogen-bond donors (Lipinski definition) is 2. The number of piperazine rings is 1. The molecule has 1 aliphatic rings. The molecule has 3 nitrogen and oxygen atoms in total. The molecule has 0 radical (unpaired) electrons. The first-order valence-electron chi connectivity index (χ1n) is 5.88. The molecule has 0 bridgehead atoms. The van der Waals surface area contributed by atoms with Gasteiger partial charge in [-0.25, -0.2) is 0 Å². The highest BCUT2D eigenvalue weighted by molar-refractivity contribution is 5.85. The van der Waals surface area contributed by atoms with E-state index in [0.29, 0.717) is 0 Å². The second-order valence-electron chi connectivity index (χ2n) is 4.24. The van der Waals surface area contributed by atoms with E-state index in [0.717, 1.165) is 25.2 Å². The first kappa shape index (κ1) is 17.0. The highest BCUT2D eigenvalue weighted by Crippen LogP contribution is 2.28. The molecule has 0 aliphatic carbocycles. The van der Waals surface area contributed by atoms with E-state index in [-0.39, 0.29) is 24.2 Å². The van der Waals surface area contributed by atoms with Gasteiger partial charge >= 0.3 is 12.5 Å². The summed E-state index contributed by atoms with van der Waals surface area (Å²) in [5, 5.41) is 6.44. The standard InChI is InChI=1S/C12H14F4N2O.ClH/c13-11(14)12(15,16)19-9-3-1-8(2-4-9)10-7-17-5-6-18-10;/h1-4,10-11,17-18H,5-7H2;1H/t10-;/m1./s1. The van der Waals surface area contributed by atoms with Crippen LogP contribution in [0.2, 0.25) is 0 Å². The molecule has 1 saturated heterocycles. The van der Waals surface area contributed by atoms with E-state index in [1.807, 2.05) is 0 Å². The quantitative estimate of drug-likeness (QED) is 0.838. The molecule has 0 aromatic heterocycles. The minimum absolute atomic E-state index is 0. The zero-order valence-electron chi connectivity index (χ0n) is 10.4. The average molecular weight is 315 g/mol. The molecule has 0 amide bonds. The van der Waals surface area contributed by atoms with Crippen molar-refractivity contribution in [1.29, 1.82) is 0 Å². The Morgan fingerprint density at radius 3 is 2.30 bits per heavy atom. The Morgan fingerprint density at radius 2 is 1.80 bits per heavy atom. The molecule has 8 heteroatoms. The van der Waals surface area contributed by atoms with Gasteiger partial charge in [0.1, 0.15) is 5.75 Å². The van der Waals surface area contributed by atoms with Gasteiger partial charge < -0.3 is 15.4 Å². The van der Waals surface area contributed by atoms with Crippen LogP contribution in [0.3, 0.4) is 0 Å². The summed E-state index contributed by atoms with van der Waals surface area (Å²) in [4.78, 5) is 0. The normalized spacial score (nSPS) is 19.6. The fourth-order valence-electron chi connectivity index (χ4n) is 1.86. The molecule has 0 spiro atoms. The second-order valence-corrected chi connectivity index (χ2v) is 4.24. The lowest BCUT2D eigenvalue weighted by atomic mass is 10.1. The van der Waals surface area contributed by atoms with Gasteiger partial charge in [0.25, 0.3) is 0 Å². The third-order valence-electron chi connectivity index (χ3n) is 2.83. The molecule has 1 aromatic carbocycles. The Kier molecular flexibility index (Phi) is 6.04. The summed E-state index contributed by atoms with van der Waals surface area (Å²) < 4.78 is 53.3. The number of halogens is 5. The highest BCUT2D eigenvalue weighted by Gasteiger charge is 2.43. The van der Waals surface area contributed by atoms with E-state index < -0.39 is 12.5 Å². The monoisotopic (exact) mass is 314 g/mol. The first-order valence-corrected chi connectivity index (χ1v) is 5.88. The largest absolute Gasteiger partial charge is 0.461 e. The number of nitrogens with one attached hydrogen (secondary N) is 2. The van der Waals surface area contributed by atoms with Crippen molar-refractivity contribution >= 4 is 12.4 Å². The third kappa shape index (κ3) is 4.22. The predicted octanol–water partition coefficient (Wildman–Crippen LogP) is 2.58. The zero-order chi connectivity index (χ0) is 13.9. The summed E-state index contributed by atoms with van der Waals surface area (Å²) in [5.74, 6) is -0.280. The molecular formula is C12H15ClF4N2O. The molecule has 0 saturated carbocycles. The lowest BCUT2D eigenvalue weighted by molar-refractivity contribution is -0.253. The van der Waals surface area contributed by atoms with Crippen molar-refractivity contribution < 1.29 is 22.3 Å². The van der Waals surface area contributed by atoms with Crippen molar-refractivity contribution in [2.24, 2.45) is 0 Å². The van der Waals surface area contributed by atoms with Gasteiger partial charge in [-0.2, -0.15) is 17.6 Å². The summed E-state index contributed by atoms with van der Waals surface area (Å²) in [7, 11) is 0. The summed E-state index contributed by atoms with van der Waals surface area (Å²) in [6.45, 7) is 2.41. The Balaban J connectivity index is 0.00000200. The number of benzene rings is 1. The SMILES string of the molecule is Cl.FC(F)C(F)(F)Oc1ccc([C@H]2CNCCN2)cc1. The van der Waals surface area contributed by atoms with E-state index in [2.05, 4.69) is 15.4 Å². The predicted molar refractivity (Wildman–Crippen MR) is 68.9 cm³/mol. The first-order chi connectivity index (χ1) is 8.99. The Morgan fingerprint density at radius 1 is 1.15 bits per heavy atom. The molecule has 0 unspecified atom stereocenters. The minimum atomic E-state index is -4.47. The van der Waals surface area contributed by atoms with Gasteiger partial charge in [-0.15, -0.1) is 12.4 Å². The van der Waals surface area contributed by atoms with Crippen LogP contribution in [0.4, 0.5) is 17.6 Å². The second kappa shape index (κ2) is 7.10. The van der Waals surface area contributed by atoms with Crippen LogP contribution in [-0.4, -0.2) is 32.2 Å². The zero-order valence-corrected chi connectivity index (χ0v) is 11.2. The number of ether oxygens (including phenoxy) is 1. The number of hydrogen-bond acceptors (Lipinski definition) is 3. The van der Waals surface area contributed by atoms with E-state index >= 15 is 0 Å². The molecule has 1 aliphatic heterocycles. The number of alkyl halides is 4. The van der Waals surface area contributed by atoms with Crippen molar-refractivity contribution in [3.63, 3.8) is 0 Å². The van der Waals surface area contributed by atoms with E-state index in [1.54, 1.807) is 12.1 Å². The van der Waals surface area contributed by atoms with Crippen LogP contribution in [0.15, 0.2) is 24.3 Å². The molecule has 1 fully saturated rings. The lowest BCUT2D eigenvalue weighted by Gasteiger charge is -2.25. The lowest BCUT2D eigenvalue weighted by Crippen LogP contribution is -2.42. The van der Waals surface area contributed by atoms with Crippen molar-refractivity contribution in [2.45, 2.75) is 18.6 Å². The molecule has 114 valence electrons. The fraction of sp³-hybridized carbons (Fsp3) is 0.500. The Hall–Kier alpha value is -1.05. The van der Waals surface area contributed by atoms with Crippen LogP contribution in [0, 0.1) is 0 Å². The van der Waals surface area contributed by atoms with Crippen LogP contribution >= 0.6 is 12.4 Å². The van der Waals surface area contributed by atoms with Gasteiger partial charge in [0.2, 0.25) is 0 Å². The smallest absolute Gasteiger partial charge is 0.428 e. The van der Waals surface area contributed by atoms with Gasteiger partial charge in [-0.3, -0.25) is 0 Å². The molecule has 2 rings (SSSR count). The van der Waals surface area contributed by atoms with Gasteiger partial charge in [0, 0.05) is 25.7 Å². The van der Waals surface area contributed by atoms with Gasteiger partial charge in [0.15, 0.2) is 0 Å². The van der Waals surface area contributed by atoms with Crippen LogP contribution < -0.4 is 15.4 Å². The maximum atomic E-state index is 12.7. The van der Waals surface area contributed by atoms with Crippen LogP contribution in [0.5, 0.6) is 5.75 Å². The van der Waals surface area contributed by atoms with Gasteiger partial charge in [0.05, 0.1) is 0 Å². The molecule has 1 heterocycles. The van der Waals surface area contributed by atoms with Gasteiger partial charge in [-0.05, 0) is 17.7 Å². The van der Waals surface area contributed by atoms with E-state index in [1.165, 1.54) is 12.1 Å². The van der Waals surface area contributed by atoms with Crippen LogP contribution in [0.1, 0.15) is 11.6 Å². The van der Waals surface area contributed by atoms with Crippen molar-refractivity contribution in [2.75, 3.05) is 19.6 Å². The number of rotatable bonds is 4. The molecule has 2 N–H and O–H groups in total. The molecule has 1 atom stereocenters. The van der Waals surface area contributed by atoms with Crippen molar-refractivity contribution in [3.8, 4) is 5.75 Å². The summed E-state index contributed by atoms with van der Waals surface area (Å²) in [6, 6.07) is 5.78. The van der Waals surface area contributed by atoms with Crippen molar-refractivity contribution in [1.82, 2.24) is 10.6 Å². The molecular weight excluding hydrogens is 300 g/mol. The Bertz CT molecular complexity index is 410. The summed E-state index contributed by atoms with van der Waals surface area (Å²) >= 11 is 0.